The summed E-state index contributed by atoms with van der Waals surface area (Å²) in [5.41, 5.74) is 2.09. The fraction of sp³-hybridized carbons (Fsp3) is 0.375. The van der Waals surface area contributed by atoms with Crippen molar-refractivity contribution in [2.75, 3.05) is 25.1 Å². The monoisotopic (exact) mass is 487 g/mol. The lowest BCUT2D eigenvalue weighted by molar-refractivity contribution is -0.141. The van der Waals surface area contributed by atoms with E-state index in [1.807, 2.05) is 19.9 Å². The number of aromatic nitrogens is 4. The molecule has 1 aliphatic rings. The van der Waals surface area contributed by atoms with E-state index in [1.54, 1.807) is 18.2 Å². The number of nitrogens with zero attached hydrogens (tertiary/aromatic N) is 4. The first kappa shape index (κ1) is 24.5. The van der Waals surface area contributed by atoms with Gasteiger partial charge in [-0.2, -0.15) is 18.3 Å². The van der Waals surface area contributed by atoms with Crippen molar-refractivity contribution in [3.8, 4) is 17.1 Å². The van der Waals surface area contributed by atoms with E-state index in [9.17, 15) is 18.0 Å². The van der Waals surface area contributed by atoms with E-state index in [0.29, 0.717) is 43.1 Å². The van der Waals surface area contributed by atoms with Crippen LogP contribution >= 0.6 is 0 Å². The Morgan fingerprint density at radius 1 is 1.14 bits per heavy atom. The summed E-state index contributed by atoms with van der Waals surface area (Å²) >= 11 is 0. The maximum absolute atomic E-state index is 12.9. The molecule has 0 spiro atoms. The highest BCUT2D eigenvalue weighted by Crippen LogP contribution is 2.35. The average molecular weight is 487 g/mol. The molecule has 1 fully saturated rings. The molecule has 8 nitrogen and oxygen atoms in total. The van der Waals surface area contributed by atoms with Crippen LogP contribution in [0.25, 0.3) is 11.3 Å². The van der Waals surface area contributed by atoms with Gasteiger partial charge in [0.25, 0.3) is 5.91 Å². The van der Waals surface area contributed by atoms with E-state index >= 15 is 0 Å². The van der Waals surface area contributed by atoms with Crippen molar-refractivity contribution < 1.29 is 27.4 Å². The van der Waals surface area contributed by atoms with Gasteiger partial charge in [0.2, 0.25) is 5.88 Å². The van der Waals surface area contributed by atoms with Crippen LogP contribution in [-0.4, -0.2) is 46.1 Å². The number of carbonyl (C=O) groups is 1. The van der Waals surface area contributed by atoms with Gasteiger partial charge in [-0.25, -0.2) is 0 Å². The zero-order chi connectivity index (χ0) is 25.0. The maximum Gasteiger partial charge on any atom is 0.435 e. The zero-order valence-electron chi connectivity index (χ0n) is 19.2. The molecule has 0 atom stereocenters. The lowest BCUT2D eigenvalue weighted by atomic mass is 9.91. The predicted octanol–water partition coefficient (Wildman–Crippen LogP) is 4.81. The minimum Gasteiger partial charge on any atom is -0.477 e. The zero-order valence-corrected chi connectivity index (χ0v) is 19.2. The number of aryl methyl sites for hydroxylation is 1. The Hall–Kier alpha value is -3.60. The first-order valence-corrected chi connectivity index (χ1v) is 11.2. The van der Waals surface area contributed by atoms with Crippen molar-refractivity contribution in [1.29, 1.82) is 0 Å². The van der Waals surface area contributed by atoms with Crippen LogP contribution in [-0.2, 0) is 10.9 Å². The van der Waals surface area contributed by atoms with Crippen LogP contribution in [0.1, 0.15) is 52.9 Å². The van der Waals surface area contributed by atoms with Gasteiger partial charge in [0.05, 0.1) is 24.1 Å². The van der Waals surface area contributed by atoms with Crippen LogP contribution in [0, 0.1) is 6.92 Å². The molecule has 2 aromatic heterocycles. The summed E-state index contributed by atoms with van der Waals surface area (Å²) in [6.45, 7) is 5.57. The Bertz CT molecular complexity index is 1210. The molecule has 0 unspecified atom stereocenters. The van der Waals surface area contributed by atoms with Gasteiger partial charge in [0.15, 0.2) is 5.69 Å². The third kappa shape index (κ3) is 5.73. The van der Waals surface area contributed by atoms with E-state index in [-0.39, 0.29) is 11.5 Å². The largest absolute Gasteiger partial charge is 0.477 e. The van der Waals surface area contributed by atoms with Crippen LogP contribution in [0.2, 0.25) is 0 Å². The number of carbonyl (C=O) groups excluding carboxylic acids is 1. The highest BCUT2D eigenvalue weighted by molar-refractivity contribution is 6.04. The predicted molar refractivity (Wildman–Crippen MR) is 121 cm³/mol. The normalized spacial score (nSPS) is 14.5. The average Bonchev–Trinajstić information content (AvgIpc) is 2.86. The summed E-state index contributed by atoms with van der Waals surface area (Å²) in [5, 5.41) is 17.6. The number of alkyl halides is 3. The van der Waals surface area contributed by atoms with Crippen LogP contribution in [0.5, 0.6) is 5.88 Å². The summed E-state index contributed by atoms with van der Waals surface area (Å²) in [5.74, 6) is -0.0125. The molecule has 11 heteroatoms. The van der Waals surface area contributed by atoms with Crippen molar-refractivity contribution in [3.05, 3.63) is 58.9 Å². The quantitative estimate of drug-likeness (QED) is 0.533. The molecule has 0 aliphatic carbocycles. The Balaban J connectivity index is 1.63. The van der Waals surface area contributed by atoms with Crippen LogP contribution in [0.4, 0.5) is 18.9 Å². The minimum absolute atomic E-state index is 0.227. The third-order valence-corrected chi connectivity index (χ3v) is 5.71. The molecule has 4 rings (SSSR count). The molecule has 1 aliphatic heterocycles. The lowest BCUT2D eigenvalue weighted by Crippen LogP contribution is -2.16. The molecule has 1 aromatic carbocycles. The molecule has 1 amide bonds. The number of benzene rings is 1. The summed E-state index contributed by atoms with van der Waals surface area (Å²) in [6.07, 6.45) is -2.02. The summed E-state index contributed by atoms with van der Waals surface area (Å²) in [6, 6.07) is 7.78. The van der Waals surface area contributed by atoms with Crippen molar-refractivity contribution in [2.45, 2.75) is 38.8 Å². The number of hydrogen-bond donors (Lipinski definition) is 1. The third-order valence-electron chi connectivity index (χ3n) is 5.71. The van der Waals surface area contributed by atoms with Crippen LogP contribution < -0.4 is 10.1 Å². The Kier molecular flexibility index (Phi) is 7.25. The molecule has 0 bridgehead atoms. The molecule has 3 aromatic rings. The first-order valence-electron chi connectivity index (χ1n) is 11.2. The van der Waals surface area contributed by atoms with Gasteiger partial charge >= 0.3 is 6.18 Å². The van der Waals surface area contributed by atoms with Gasteiger partial charge in [-0.3, -0.25) is 4.79 Å². The molecule has 184 valence electrons. The molecule has 0 radical (unpaired) electrons. The van der Waals surface area contributed by atoms with E-state index < -0.39 is 17.8 Å². The van der Waals surface area contributed by atoms with Gasteiger partial charge in [-0.05, 0) is 62.4 Å². The van der Waals surface area contributed by atoms with Gasteiger partial charge in [0.1, 0.15) is 0 Å². The molecule has 1 saturated heterocycles. The van der Waals surface area contributed by atoms with Crippen LogP contribution in [0.3, 0.4) is 0 Å². The highest BCUT2D eigenvalue weighted by atomic mass is 19.4. The van der Waals surface area contributed by atoms with Gasteiger partial charge < -0.3 is 14.8 Å². The fourth-order valence-electron chi connectivity index (χ4n) is 3.88. The molecular weight excluding hydrogens is 463 g/mol. The fourth-order valence-corrected chi connectivity index (χ4v) is 3.88. The Labute approximate surface area is 199 Å². The van der Waals surface area contributed by atoms with E-state index in [4.69, 9.17) is 9.47 Å². The van der Waals surface area contributed by atoms with E-state index in [2.05, 4.69) is 25.7 Å². The topological polar surface area (TPSA) is 99.1 Å². The lowest BCUT2D eigenvalue weighted by Gasteiger charge is -2.24. The second-order valence-electron chi connectivity index (χ2n) is 8.12. The second-order valence-corrected chi connectivity index (χ2v) is 8.12. The smallest absolute Gasteiger partial charge is 0.435 e. The Morgan fingerprint density at radius 3 is 2.63 bits per heavy atom. The van der Waals surface area contributed by atoms with Crippen LogP contribution in [0.15, 0.2) is 36.5 Å². The highest BCUT2D eigenvalue weighted by Gasteiger charge is 2.33. The molecule has 1 N–H and O–H groups in total. The van der Waals surface area contributed by atoms with Crippen molar-refractivity contribution in [2.24, 2.45) is 0 Å². The summed E-state index contributed by atoms with van der Waals surface area (Å²) < 4.78 is 50.0. The van der Waals surface area contributed by atoms with Crippen molar-refractivity contribution >= 4 is 11.6 Å². The molecule has 0 saturated carbocycles. The summed E-state index contributed by atoms with van der Waals surface area (Å²) in [4.78, 5) is 12.6. The standard InChI is InChI=1S/C24H24F3N5O3/c1-3-35-23-19(15-6-8-34-9-7-15)12-20(30-32-23)18-11-17(5-4-14(18)2)29-22(33)16-10-21(24(25,26)27)31-28-13-16/h4-5,10-13,15H,3,6-9H2,1-2H3,(H,29,33). The van der Waals surface area contributed by atoms with E-state index in [0.717, 1.165) is 35.7 Å². The molecule has 3 heterocycles. The number of ether oxygens (including phenoxy) is 2. The van der Waals surface area contributed by atoms with Gasteiger partial charge in [-0.15, -0.1) is 15.3 Å². The van der Waals surface area contributed by atoms with Crippen molar-refractivity contribution in [1.82, 2.24) is 20.4 Å². The number of rotatable bonds is 6. The number of anilines is 1. The maximum atomic E-state index is 12.9. The van der Waals surface area contributed by atoms with Crippen molar-refractivity contribution in [3.63, 3.8) is 0 Å². The number of amides is 1. The van der Waals surface area contributed by atoms with Gasteiger partial charge in [-0.1, -0.05) is 6.07 Å². The second kappa shape index (κ2) is 10.3. The molecular formula is C24H24F3N5O3. The van der Waals surface area contributed by atoms with E-state index in [1.165, 1.54) is 0 Å². The molecule has 35 heavy (non-hydrogen) atoms. The Morgan fingerprint density at radius 2 is 1.91 bits per heavy atom. The van der Waals surface area contributed by atoms with Gasteiger partial charge in [0, 0.05) is 30.0 Å². The number of hydrogen-bond acceptors (Lipinski definition) is 7. The SMILES string of the molecule is CCOc1nnc(-c2cc(NC(=O)c3cnnc(C(F)(F)F)c3)ccc2C)cc1C1CCOCC1. The minimum atomic E-state index is -4.70. The number of nitrogens with one attached hydrogen (secondary N) is 1. The first-order chi connectivity index (χ1) is 16.8. The summed E-state index contributed by atoms with van der Waals surface area (Å²) in [7, 11) is 0. The number of halogens is 3.